The summed E-state index contributed by atoms with van der Waals surface area (Å²) >= 11 is 4.79. The van der Waals surface area contributed by atoms with E-state index in [1.165, 1.54) is 17.6 Å². The highest BCUT2D eigenvalue weighted by Crippen LogP contribution is 2.29. The molecule has 0 aliphatic heterocycles. The van der Waals surface area contributed by atoms with Gasteiger partial charge in [0.2, 0.25) is 0 Å². The number of likely N-dealkylation sites (N-methyl/N-ethyl adjacent to an activating group) is 1. The van der Waals surface area contributed by atoms with Crippen molar-refractivity contribution >= 4 is 57.1 Å². The molecule has 1 N–H and O–H groups in total. The highest BCUT2D eigenvalue weighted by atomic mass is 127. The van der Waals surface area contributed by atoms with Crippen LogP contribution in [0.15, 0.2) is 12.1 Å². The number of hydrogen-bond donors (Lipinski definition) is 1. The van der Waals surface area contributed by atoms with Crippen LogP contribution in [0.5, 0.6) is 5.75 Å². The third-order valence-electron chi connectivity index (χ3n) is 3.65. The van der Waals surface area contributed by atoms with Crippen LogP contribution in [0.3, 0.4) is 0 Å². The molecule has 1 aromatic carbocycles. The molecule has 7 nitrogen and oxygen atoms in total. The molecule has 0 saturated carbocycles. The first-order valence-corrected chi connectivity index (χ1v) is 12.0. The number of ether oxygens (including phenoxy) is 1. The Morgan fingerprint density at radius 2 is 1.31 bits per heavy atom. The third kappa shape index (κ3) is 19.7. The van der Waals surface area contributed by atoms with Gasteiger partial charge in [0.1, 0.15) is 17.7 Å². The summed E-state index contributed by atoms with van der Waals surface area (Å²) in [4.78, 5) is 19.1. The average molecular weight is 744 g/mol. The molecule has 0 aliphatic rings. The van der Waals surface area contributed by atoms with Gasteiger partial charge in [0, 0.05) is 12.8 Å². The minimum Gasteiger partial charge on any atom is -0.542 e. The second-order valence-corrected chi connectivity index (χ2v) is 10.7. The van der Waals surface area contributed by atoms with Gasteiger partial charge in [-0.05, 0) is 62.9 Å². The van der Waals surface area contributed by atoms with E-state index in [1.54, 1.807) is 0 Å². The first kappa shape index (κ1) is 36.1. The van der Waals surface area contributed by atoms with Gasteiger partial charge in [-0.1, -0.05) is 0 Å². The van der Waals surface area contributed by atoms with Gasteiger partial charge in [-0.15, -0.1) is 0 Å². The van der Waals surface area contributed by atoms with E-state index in [9.17, 15) is 26.3 Å². The molecule has 1 aromatic rings. The minimum absolute atomic E-state index is 0.794. The van der Waals surface area contributed by atoms with Crippen LogP contribution in [0, 0.1) is 7.14 Å². The first-order valence-electron chi connectivity index (χ1n) is 9.84. The number of nitrogens with zero attached hydrogens (tertiary/aromatic N) is 1. The summed E-state index contributed by atoms with van der Waals surface area (Å²) < 4.78 is 72.6. The monoisotopic (exact) mass is 744 g/mol. The zero-order valence-corrected chi connectivity index (χ0v) is 24.0. The number of rotatable bonds is 8. The topological polar surface area (TPSA) is 93.9 Å². The van der Waals surface area contributed by atoms with E-state index < -0.39 is 24.3 Å². The smallest absolute Gasteiger partial charge is 0.430 e. The number of halogens is 8. The maximum Gasteiger partial charge on any atom is 0.430 e. The van der Waals surface area contributed by atoms with E-state index in [0.717, 1.165) is 42.8 Å². The molecule has 0 bridgehead atoms. The summed E-state index contributed by atoms with van der Waals surface area (Å²) in [5.74, 6) is -4.96. The van der Waals surface area contributed by atoms with Crippen LogP contribution in [0.25, 0.3) is 0 Å². The molecule has 0 heterocycles. The molecule has 0 fully saturated rings. The lowest BCUT2D eigenvalue weighted by Gasteiger charge is -2.23. The van der Waals surface area contributed by atoms with E-state index >= 15 is 0 Å². The van der Waals surface area contributed by atoms with E-state index in [2.05, 4.69) is 92.6 Å². The number of nitrogens with one attached hydrogen (secondary N) is 1. The van der Waals surface area contributed by atoms with Crippen molar-refractivity contribution in [2.24, 2.45) is 0 Å². The van der Waals surface area contributed by atoms with Crippen molar-refractivity contribution in [2.75, 3.05) is 54.9 Å². The zero-order chi connectivity index (χ0) is 28.2. The van der Waals surface area contributed by atoms with Crippen molar-refractivity contribution in [1.29, 1.82) is 0 Å². The number of carbonyl (C=O) groups excluding carboxylic acids is 2. The van der Waals surface area contributed by atoms with Crippen LogP contribution in [-0.2, 0) is 16.0 Å². The Kier molecular flexibility index (Phi) is 16.4. The molecular formula is C20H28F6I2N2O5. The van der Waals surface area contributed by atoms with Crippen LogP contribution in [-0.4, -0.2) is 83.7 Å². The van der Waals surface area contributed by atoms with Crippen molar-refractivity contribution in [3.63, 3.8) is 0 Å². The van der Waals surface area contributed by atoms with Gasteiger partial charge < -0.3 is 33.9 Å². The highest BCUT2D eigenvalue weighted by molar-refractivity contribution is 14.1. The van der Waals surface area contributed by atoms with Gasteiger partial charge in [-0.2, -0.15) is 26.3 Å². The van der Waals surface area contributed by atoms with Crippen LogP contribution in [0.1, 0.15) is 12.0 Å². The molecule has 0 radical (unpaired) electrons. The number of hydrogen-bond acceptors (Lipinski definition) is 5. The number of carboxylic acids is 2. The first-order chi connectivity index (χ1) is 15.6. The molecule has 0 aliphatic carbocycles. The van der Waals surface area contributed by atoms with E-state index in [4.69, 9.17) is 24.5 Å². The predicted octanol–water partition coefficient (Wildman–Crippen LogP) is 0.655. The van der Waals surface area contributed by atoms with Gasteiger partial charge in [0.15, 0.2) is 0 Å². The summed E-state index contributed by atoms with van der Waals surface area (Å²) in [6.07, 6.45) is -8.18. The maximum absolute atomic E-state index is 10.5. The number of carboxylic acid groups (broad SMARTS) is 2. The lowest BCUT2D eigenvalue weighted by molar-refractivity contribution is -0.870. The van der Waals surface area contributed by atoms with Crippen molar-refractivity contribution in [3.05, 3.63) is 24.8 Å². The molecule has 35 heavy (non-hydrogen) atoms. The Morgan fingerprint density at radius 1 is 0.943 bits per heavy atom. The molecule has 204 valence electrons. The molecule has 0 spiro atoms. The average Bonchev–Trinajstić information content (AvgIpc) is 2.63. The van der Waals surface area contributed by atoms with Gasteiger partial charge in [0.05, 0.1) is 62.1 Å². The fraction of sp³-hybridized carbons (Fsp3) is 0.600. The number of alkyl halides is 6. The van der Waals surface area contributed by atoms with Crippen LogP contribution < -0.4 is 19.8 Å². The van der Waals surface area contributed by atoms with E-state index in [-0.39, 0.29) is 0 Å². The molecule has 1 rings (SSSR count). The molecule has 15 heteroatoms. The van der Waals surface area contributed by atoms with E-state index in [0.29, 0.717) is 0 Å². The Balaban J connectivity index is 0. The molecule has 0 saturated heterocycles. The van der Waals surface area contributed by atoms with Gasteiger partial charge in [0.25, 0.3) is 0 Å². The largest absolute Gasteiger partial charge is 0.542 e. The molecule has 0 aromatic heterocycles. The van der Waals surface area contributed by atoms with Crippen LogP contribution in [0.2, 0.25) is 0 Å². The summed E-state index contributed by atoms with van der Waals surface area (Å²) in [7, 11) is 11.0. The molecule has 0 atom stereocenters. The number of aliphatic carboxylic acids is 2. The maximum atomic E-state index is 10.5. The number of quaternary nitrogens is 2. The van der Waals surface area contributed by atoms with Crippen molar-refractivity contribution in [2.45, 2.75) is 25.2 Å². The number of carbonyl (C=O) groups is 2. The SMILES string of the molecule is C[NH+](C)CCc1cc(I)c(OCCC[N+](C)(C)C)c(I)c1.O=C([O-])C(F)(F)F.O=C([O-])C(F)(F)F. The fourth-order valence-electron chi connectivity index (χ4n) is 2.00. The third-order valence-corrected chi connectivity index (χ3v) is 5.26. The number of benzene rings is 1. The Hall–Kier alpha value is -1.08. The Morgan fingerprint density at radius 3 is 1.60 bits per heavy atom. The van der Waals surface area contributed by atoms with Gasteiger partial charge in [-0.25, -0.2) is 0 Å². The molecular weight excluding hydrogens is 716 g/mol. The quantitative estimate of drug-likeness (QED) is 0.183. The summed E-state index contributed by atoms with van der Waals surface area (Å²) in [6, 6.07) is 4.53. The van der Waals surface area contributed by atoms with Crippen molar-refractivity contribution in [1.82, 2.24) is 0 Å². The second-order valence-electron chi connectivity index (χ2n) is 8.38. The predicted molar refractivity (Wildman–Crippen MR) is 128 cm³/mol. The molecule has 0 unspecified atom stereocenters. The van der Waals surface area contributed by atoms with Gasteiger partial charge in [-0.3, -0.25) is 0 Å². The van der Waals surface area contributed by atoms with Crippen molar-refractivity contribution < 1.29 is 60.3 Å². The lowest BCUT2D eigenvalue weighted by Crippen LogP contribution is -3.05. The van der Waals surface area contributed by atoms with Crippen LogP contribution in [0.4, 0.5) is 26.3 Å². The zero-order valence-electron chi connectivity index (χ0n) is 19.7. The Bertz CT molecular complexity index is 766. The van der Waals surface area contributed by atoms with Crippen LogP contribution >= 0.6 is 45.2 Å². The summed E-state index contributed by atoms with van der Waals surface area (Å²) in [5, 5.41) is 17.6. The standard InChI is InChI=1S/C16H27I2N2O.2C2HF3O2/c1-19(2)8-7-13-11-14(17)16(15(18)12-13)21-10-6-9-20(3,4)5;2*3-2(4,5)1(6)7/h11-12H,6-10H2,1-5H3;2*(H,6,7)/q+1;;/p-1. The van der Waals surface area contributed by atoms with E-state index in [1.807, 2.05) is 0 Å². The van der Waals surface area contributed by atoms with Gasteiger partial charge >= 0.3 is 12.4 Å². The summed E-state index contributed by atoms with van der Waals surface area (Å²) in [5.41, 5.74) is 1.41. The fourth-order valence-corrected chi connectivity index (χ4v) is 4.21. The minimum atomic E-state index is -5.19. The second kappa shape index (κ2) is 15.9. The molecule has 0 amide bonds. The Labute approximate surface area is 227 Å². The highest BCUT2D eigenvalue weighted by Gasteiger charge is 2.29. The van der Waals surface area contributed by atoms with Crippen molar-refractivity contribution in [3.8, 4) is 5.75 Å². The normalized spacial score (nSPS) is 11.7. The summed E-state index contributed by atoms with van der Waals surface area (Å²) in [6.45, 7) is 3.09. The lowest BCUT2D eigenvalue weighted by atomic mass is 10.1.